The molecule has 0 saturated heterocycles. The van der Waals surface area contributed by atoms with E-state index in [4.69, 9.17) is 5.73 Å². The van der Waals surface area contributed by atoms with Crippen molar-refractivity contribution in [3.8, 4) is 0 Å². The summed E-state index contributed by atoms with van der Waals surface area (Å²) < 4.78 is 0. The van der Waals surface area contributed by atoms with E-state index in [0.717, 1.165) is 5.56 Å². The summed E-state index contributed by atoms with van der Waals surface area (Å²) in [7, 11) is 0. The third-order valence-electron chi connectivity index (χ3n) is 4.71. The van der Waals surface area contributed by atoms with Crippen LogP contribution in [0.15, 0.2) is 36.4 Å². The first-order chi connectivity index (χ1) is 14.7. The lowest BCUT2D eigenvalue weighted by Gasteiger charge is -2.40. The van der Waals surface area contributed by atoms with E-state index < -0.39 is 23.9 Å². The summed E-state index contributed by atoms with van der Waals surface area (Å²) in [6, 6.07) is 7.56. The van der Waals surface area contributed by atoms with Crippen LogP contribution < -0.4 is 11.2 Å². The Morgan fingerprint density at radius 1 is 1.16 bits per heavy atom. The highest BCUT2D eigenvalue weighted by Crippen LogP contribution is 2.17. The molecule has 0 saturated carbocycles. The van der Waals surface area contributed by atoms with Gasteiger partial charge >= 0.3 is 0 Å². The van der Waals surface area contributed by atoms with E-state index in [2.05, 4.69) is 0 Å². The molecule has 31 heavy (non-hydrogen) atoms. The second kappa shape index (κ2) is 13.6. The highest BCUT2D eigenvalue weighted by Gasteiger charge is 2.36. The van der Waals surface area contributed by atoms with E-state index in [1.807, 2.05) is 57.2 Å². The van der Waals surface area contributed by atoms with Crippen LogP contribution in [0.5, 0.6) is 0 Å². The molecule has 0 spiro atoms. The molecule has 1 rings (SSSR count). The summed E-state index contributed by atoms with van der Waals surface area (Å²) in [6.07, 6.45) is 5.03. The fourth-order valence-electron chi connectivity index (χ4n) is 3.06. The molecule has 4 N–H and O–H groups in total. The molecule has 0 unspecified atom stereocenters. The Labute approximate surface area is 185 Å². The van der Waals surface area contributed by atoms with Crippen molar-refractivity contribution in [3.05, 3.63) is 42.0 Å². The van der Waals surface area contributed by atoms with Crippen molar-refractivity contribution in [1.82, 2.24) is 15.5 Å². The molecule has 1 aromatic carbocycles. The summed E-state index contributed by atoms with van der Waals surface area (Å²) in [5.74, 6) is -1.31. The molecule has 8 heteroatoms. The van der Waals surface area contributed by atoms with E-state index in [1.165, 1.54) is 16.9 Å². The Bertz CT molecular complexity index is 734. The van der Waals surface area contributed by atoms with E-state index in [1.54, 1.807) is 11.6 Å². The maximum Gasteiger partial charge on any atom is 0.268 e. The molecule has 172 valence electrons. The molecule has 0 fully saturated rings. The van der Waals surface area contributed by atoms with Gasteiger partial charge in [0, 0.05) is 13.0 Å². The van der Waals surface area contributed by atoms with Crippen LogP contribution in [0.3, 0.4) is 0 Å². The average molecular weight is 433 g/mol. The quantitative estimate of drug-likeness (QED) is 0.367. The summed E-state index contributed by atoms with van der Waals surface area (Å²) in [5, 5.41) is 11.8. The van der Waals surface area contributed by atoms with Gasteiger partial charge in [-0.05, 0) is 37.7 Å². The highest BCUT2D eigenvalue weighted by molar-refractivity contribution is 5.90. The van der Waals surface area contributed by atoms with Gasteiger partial charge in [-0.15, -0.1) is 0 Å². The minimum absolute atomic E-state index is 0.112. The Morgan fingerprint density at radius 2 is 1.81 bits per heavy atom. The monoisotopic (exact) mass is 432 g/mol. The minimum atomic E-state index is -1.10. The minimum Gasteiger partial charge on any atom is -0.320 e. The predicted molar refractivity (Wildman–Crippen MR) is 120 cm³/mol. The number of carbonyl (C=O) groups is 3. The summed E-state index contributed by atoms with van der Waals surface area (Å²) >= 11 is 0. The van der Waals surface area contributed by atoms with Gasteiger partial charge in [0.15, 0.2) is 0 Å². The van der Waals surface area contributed by atoms with Crippen LogP contribution in [-0.4, -0.2) is 51.6 Å². The van der Waals surface area contributed by atoms with E-state index in [-0.39, 0.29) is 31.2 Å². The number of nitrogens with zero attached hydrogens (tertiary/aromatic N) is 2. The second-order valence-electron chi connectivity index (χ2n) is 7.96. The van der Waals surface area contributed by atoms with Gasteiger partial charge in [0.25, 0.3) is 11.8 Å². The van der Waals surface area contributed by atoms with Crippen molar-refractivity contribution >= 4 is 23.8 Å². The number of carbonyl (C=O) groups excluding carboxylic acids is 3. The first-order valence-electron chi connectivity index (χ1n) is 10.8. The molecular formula is C23H36N4O4. The number of hydrogen-bond acceptors (Lipinski definition) is 5. The van der Waals surface area contributed by atoms with E-state index >= 15 is 0 Å². The molecule has 1 aromatic rings. The van der Waals surface area contributed by atoms with Crippen LogP contribution in [0, 0.1) is 5.92 Å². The van der Waals surface area contributed by atoms with Crippen LogP contribution >= 0.6 is 0 Å². The number of hydrogen-bond donors (Lipinski definition) is 3. The fraction of sp³-hybridized carbons (Fsp3) is 0.522. The maximum absolute atomic E-state index is 13.2. The molecule has 2 atom stereocenters. The van der Waals surface area contributed by atoms with Crippen LogP contribution in [-0.2, 0) is 14.4 Å². The number of benzene rings is 1. The molecule has 3 amide bonds. The standard InChI is InChI=1S/C23H36N4O4/c1-5-16-26(23(30)18(4)24)27(21(28)15-14-17(2)3)20(22(29)25-31)13-9-12-19-10-7-6-8-11-19/h6-12,17-18,20,31H,5,13-16,24H2,1-4H3,(H,25,29)/t18-,20+/m1/s1. The average Bonchev–Trinajstić information content (AvgIpc) is 2.75. The van der Waals surface area contributed by atoms with Gasteiger partial charge in [-0.2, -0.15) is 0 Å². The van der Waals surface area contributed by atoms with Gasteiger partial charge in [-0.1, -0.05) is 63.3 Å². The highest BCUT2D eigenvalue weighted by atomic mass is 16.5. The van der Waals surface area contributed by atoms with Crippen molar-refractivity contribution in [2.75, 3.05) is 6.54 Å². The lowest BCUT2D eigenvalue weighted by atomic mass is 10.1. The number of amides is 3. The summed E-state index contributed by atoms with van der Waals surface area (Å²) in [4.78, 5) is 38.6. The van der Waals surface area contributed by atoms with E-state index in [0.29, 0.717) is 12.8 Å². The first-order valence-corrected chi connectivity index (χ1v) is 10.8. The van der Waals surface area contributed by atoms with Crippen molar-refractivity contribution in [2.24, 2.45) is 11.7 Å². The Morgan fingerprint density at radius 3 is 2.32 bits per heavy atom. The molecule has 0 aliphatic rings. The number of nitrogens with two attached hydrogens (primary N) is 1. The van der Waals surface area contributed by atoms with Crippen LogP contribution in [0.2, 0.25) is 0 Å². The molecule has 0 aliphatic heterocycles. The molecular weight excluding hydrogens is 396 g/mol. The van der Waals surface area contributed by atoms with Crippen molar-refractivity contribution in [2.45, 2.75) is 65.5 Å². The van der Waals surface area contributed by atoms with E-state index in [9.17, 15) is 19.6 Å². The fourth-order valence-corrected chi connectivity index (χ4v) is 3.06. The zero-order chi connectivity index (χ0) is 23.4. The zero-order valence-corrected chi connectivity index (χ0v) is 19.0. The number of hydrazine groups is 1. The topological polar surface area (TPSA) is 116 Å². The smallest absolute Gasteiger partial charge is 0.268 e. The maximum atomic E-state index is 13.2. The Kier molecular flexibility index (Phi) is 11.5. The van der Waals surface area contributed by atoms with Crippen molar-refractivity contribution in [1.29, 1.82) is 0 Å². The molecule has 8 nitrogen and oxygen atoms in total. The summed E-state index contributed by atoms with van der Waals surface area (Å²) in [6.45, 7) is 7.63. The van der Waals surface area contributed by atoms with Gasteiger partial charge in [0.05, 0.1) is 6.04 Å². The zero-order valence-electron chi connectivity index (χ0n) is 19.0. The summed E-state index contributed by atoms with van der Waals surface area (Å²) in [5.41, 5.74) is 8.39. The van der Waals surface area contributed by atoms with Crippen molar-refractivity contribution < 1.29 is 19.6 Å². The van der Waals surface area contributed by atoms with Gasteiger partial charge in [0.1, 0.15) is 6.04 Å². The van der Waals surface area contributed by atoms with Gasteiger partial charge in [-0.3, -0.25) is 19.6 Å². The van der Waals surface area contributed by atoms with Crippen LogP contribution in [0.4, 0.5) is 0 Å². The molecule has 0 aliphatic carbocycles. The van der Waals surface area contributed by atoms with Crippen molar-refractivity contribution in [3.63, 3.8) is 0 Å². The Balaban J connectivity index is 3.30. The van der Waals surface area contributed by atoms with Gasteiger partial charge < -0.3 is 5.73 Å². The van der Waals surface area contributed by atoms with Gasteiger partial charge in [0.2, 0.25) is 5.91 Å². The third kappa shape index (κ3) is 8.51. The van der Waals surface area contributed by atoms with Crippen LogP contribution in [0.1, 0.15) is 58.9 Å². The molecule has 0 radical (unpaired) electrons. The van der Waals surface area contributed by atoms with Gasteiger partial charge in [-0.25, -0.2) is 15.5 Å². The number of rotatable bonds is 11. The number of nitrogens with one attached hydrogen (secondary N) is 1. The second-order valence-corrected chi connectivity index (χ2v) is 7.96. The molecule has 0 heterocycles. The lowest BCUT2D eigenvalue weighted by Crippen LogP contribution is -2.61. The molecule has 0 bridgehead atoms. The van der Waals surface area contributed by atoms with Crippen LogP contribution in [0.25, 0.3) is 6.08 Å². The normalized spacial score (nSPS) is 13.1. The predicted octanol–water partition coefficient (Wildman–Crippen LogP) is 2.73. The lowest BCUT2D eigenvalue weighted by molar-refractivity contribution is -0.174. The first kappa shape index (κ1) is 26.3. The SMILES string of the molecule is CCCN(C(=O)[C@@H](C)N)N(C(=O)CCC(C)C)[C@@H](CC=Cc1ccccc1)C(=O)NO. The number of hydroxylamine groups is 1. The third-order valence-corrected chi connectivity index (χ3v) is 4.71. The Hall–Kier alpha value is -2.71. The largest absolute Gasteiger partial charge is 0.320 e. The molecule has 0 aromatic heterocycles.